The largest absolute Gasteiger partial charge is 0.291 e. The van der Waals surface area contributed by atoms with Crippen LogP contribution < -0.4 is 0 Å². The van der Waals surface area contributed by atoms with Crippen molar-refractivity contribution >= 4 is 35.4 Å². The lowest BCUT2D eigenvalue weighted by atomic mass is 9.97. The first kappa shape index (κ1) is 9.48. The van der Waals surface area contributed by atoms with E-state index in [9.17, 15) is 4.79 Å². The highest BCUT2D eigenvalue weighted by atomic mass is 32.2. The number of fused-ring (bicyclic) bond motifs is 1. The van der Waals surface area contributed by atoms with E-state index in [-0.39, 0.29) is 9.86 Å². The number of hydrogen-bond donors (Lipinski definition) is 0. The zero-order valence-electron chi connectivity index (χ0n) is 7.97. The predicted molar refractivity (Wildman–Crippen MR) is 65.2 cm³/mol. The Labute approximate surface area is 96.5 Å². The Hall–Kier alpha value is -0.740. The number of carbonyl (C=O) groups excluding carboxylic acids is 1. The summed E-state index contributed by atoms with van der Waals surface area (Å²) in [6, 6.07) is 1.82. The second-order valence-corrected chi connectivity index (χ2v) is 6.43. The van der Waals surface area contributed by atoms with Crippen LogP contribution in [0.4, 0.5) is 0 Å². The maximum atomic E-state index is 12.3. The molecule has 0 radical (unpaired) electrons. The molecule has 0 bridgehead atoms. The quantitative estimate of drug-likeness (QED) is 0.691. The number of rotatable bonds is 0. The first-order chi connectivity index (χ1) is 7.32. The van der Waals surface area contributed by atoms with Gasteiger partial charge in [-0.25, -0.2) is 0 Å². The highest BCUT2D eigenvalue weighted by Crippen LogP contribution is 2.49. The summed E-state index contributed by atoms with van der Waals surface area (Å²) >= 11 is 3.49. The summed E-state index contributed by atoms with van der Waals surface area (Å²) in [6.07, 6.45) is 7.49. The normalized spacial score (nSPS) is 22.0. The van der Waals surface area contributed by atoms with Crippen LogP contribution in [-0.4, -0.2) is 26.4 Å². The van der Waals surface area contributed by atoms with E-state index in [1.165, 1.54) is 0 Å². The van der Waals surface area contributed by atoms with Crippen molar-refractivity contribution < 1.29 is 4.79 Å². The van der Waals surface area contributed by atoms with Crippen LogP contribution in [0.25, 0.3) is 6.08 Å². The highest BCUT2D eigenvalue weighted by molar-refractivity contribution is 8.22. The van der Waals surface area contributed by atoms with Gasteiger partial charge in [0, 0.05) is 35.0 Å². The first-order valence-corrected chi connectivity index (χ1v) is 6.75. The molecule has 0 saturated carbocycles. The predicted octanol–water partition coefficient (Wildman–Crippen LogP) is 2.47. The van der Waals surface area contributed by atoms with E-state index < -0.39 is 0 Å². The summed E-state index contributed by atoms with van der Waals surface area (Å²) in [5.41, 5.74) is 1.76. The number of hydrogen-bond acceptors (Lipinski definition) is 4. The summed E-state index contributed by atoms with van der Waals surface area (Å²) in [5, 5.41) is 0. The van der Waals surface area contributed by atoms with Crippen molar-refractivity contribution in [1.29, 1.82) is 0 Å². The van der Waals surface area contributed by atoms with Gasteiger partial charge in [-0.15, -0.1) is 23.5 Å². The summed E-state index contributed by atoms with van der Waals surface area (Å²) in [4.78, 5) is 16.4. The van der Waals surface area contributed by atoms with Gasteiger partial charge >= 0.3 is 0 Å². The van der Waals surface area contributed by atoms with Crippen molar-refractivity contribution in [3.05, 3.63) is 35.7 Å². The smallest absolute Gasteiger partial charge is 0.193 e. The van der Waals surface area contributed by atoms with Gasteiger partial charge in [0.15, 0.2) is 5.78 Å². The van der Waals surface area contributed by atoms with Crippen molar-refractivity contribution in [2.75, 3.05) is 11.5 Å². The molecule has 0 N–H and O–H groups in total. The monoisotopic (exact) mass is 235 g/mol. The molecule has 1 spiro atoms. The van der Waals surface area contributed by atoms with E-state index in [0.29, 0.717) is 0 Å². The van der Waals surface area contributed by atoms with Crippen LogP contribution in [0.15, 0.2) is 24.5 Å². The minimum atomic E-state index is -0.339. The van der Waals surface area contributed by atoms with Gasteiger partial charge < -0.3 is 0 Å². The molecule has 0 amide bonds. The van der Waals surface area contributed by atoms with E-state index in [4.69, 9.17) is 0 Å². The average molecular weight is 235 g/mol. The zero-order chi connectivity index (χ0) is 10.3. The lowest BCUT2D eigenvalue weighted by molar-refractivity contribution is 0.0991. The van der Waals surface area contributed by atoms with Crippen LogP contribution in [-0.2, 0) is 0 Å². The van der Waals surface area contributed by atoms with Crippen molar-refractivity contribution in [2.45, 2.75) is 4.08 Å². The molecule has 1 saturated heterocycles. The molecule has 1 aromatic heterocycles. The van der Waals surface area contributed by atoms with Crippen LogP contribution >= 0.6 is 23.5 Å². The van der Waals surface area contributed by atoms with Gasteiger partial charge in [-0.1, -0.05) is 12.2 Å². The molecular formula is C11H9NOS2. The van der Waals surface area contributed by atoms with Crippen LogP contribution in [0.5, 0.6) is 0 Å². The van der Waals surface area contributed by atoms with E-state index in [0.717, 1.165) is 22.6 Å². The molecule has 15 heavy (non-hydrogen) atoms. The van der Waals surface area contributed by atoms with E-state index in [2.05, 4.69) is 4.98 Å². The van der Waals surface area contributed by atoms with E-state index >= 15 is 0 Å². The lowest BCUT2D eigenvalue weighted by Crippen LogP contribution is -2.30. The van der Waals surface area contributed by atoms with Gasteiger partial charge in [-0.2, -0.15) is 0 Å². The van der Waals surface area contributed by atoms with Gasteiger partial charge in [-0.3, -0.25) is 9.78 Å². The molecule has 76 valence electrons. The molecule has 2 heterocycles. The van der Waals surface area contributed by atoms with Crippen molar-refractivity contribution in [3.8, 4) is 0 Å². The molecule has 0 unspecified atom stereocenters. The number of thioether (sulfide) groups is 2. The van der Waals surface area contributed by atoms with Gasteiger partial charge in [0.25, 0.3) is 0 Å². The SMILES string of the molecule is O=C1c2ccncc2C=CC12SCCS2. The maximum Gasteiger partial charge on any atom is 0.193 e. The molecule has 2 aliphatic rings. The number of pyridine rings is 1. The summed E-state index contributed by atoms with van der Waals surface area (Å²) in [5.74, 6) is 2.34. The summed E-state index contributed by atoms with van der Waals surface area (Å²) in [6.45, 7) is 0. The van der Waals surface area contributed by atoms with Crippen molar-refractivity contribution in [2.24, 2.45) is 0 Å². The van der Waals surface area contributed by atoms with Gasteiger partial charge in [0.05, 0.1) is 0 Å². The molecule has 1 aliphatic heterocycles. The number of Topliss-reactive ketones (excluding diaryl/α,β-unsaturated/α-hetero) is 1. The van der Waals surface area contributed by atoms with Gasteiger partial charge in [0.1, 0.15) is 4.08 Å². The number of nitrogens with zero attached hydrogens (tertiary/aromatic N) is 1. The molecule has 0 atom stereocenters. The Kier molecular flexibility index (Phi) is 2.14. The topological polar surface area (TPSA) is 30.0 Å². The van der Waals surface area contributed by atoms with E-state index in [1.807, 2.05) is 18.2 Å². The second kappa shape index (κ2) is 3.39. The average Bonchev–Trinajstić information content (AvgIpc) is 2.74. The fourth-order valence-electron chi connectivity index (χ4n) is 1.86. The van der Waals surface area contributed by atoms with Crippen molar-refractivity contribution in [1.82, 2.24) is 4.98 Å². The van der Waals surface area contributed by atoms with Gasteiger partial charge in [-0.05, 0) is 6.07 Å². The second-order valence-electron chi connectivity index (χ2n) is 3.49. The molecule has 1 aromatic rings. The number of carbonyl (C=O) groups is 1. The minimum Gasteiger partial charge on any atom is -0.291 e. The molecular weight excluding hydrogens is 226 g/mol. The maximum absolute atomic E-state index is 12.3. The molecule has 3 rings (SSSR count). The molecule has 4 heteroatoms. The van der Waals surface area contributed by atoms with Crippen LogP contribution in [0.2, 0.25) is 0 Å². The minimum absolute atomic E-state index is 0.231. The Morgan fingerprint density at radius 1 is 1.33 bits per heavy atom. The number of ketones is 1. The first-order valence-electron chi connectivity index (χ1n) is 4.78. The molecule has 2 nitrogen and oxygen atoms in total. The van der Waals surface area contributed by atoms with Gasteiger partial charge in [0.2, 0.25) is 0 Å². The van der Waals surface area contributed by atoms with Crippen LogP contribution in [0, 0.1) is 0 Å². The standard InChI is InChI=1S/C11H9NOS2/c13-10-9-2-4-12-7-8(9)1-3-11(10)14-5-6-15-11/h1-4,7H,5-6H2. The van der Waals surface area contributed by atoms with Crippen molar-refractivity contribution in [3.63, 3.8) is 0 Å². The van der Waals surface area contributed by atoms with Crippen LogP contribution in [0.1, 0.15) is 15.9 Å². The Morgan fingerprint density at radius 2 is 2.13 bits per heavy atom. The fraction of sp³-hybridized carbons (Fsp3) is 0.273. The Balaban J connectivity index is 2.12. The van der Waals surface area contributed by atoms with Crippen LogP contribution in [0.3, 0.4) is 0 Å². The third kappa shape index (κ3) is 1.35. The molecule has 0 aromatic carbocycles. The fourth-order valence-corrected chi connectivity index (χ4v) is 4.78. The Bertz CT molecular complexity index is 450. The summed E-state index contributed by atoms with van der Waals surface area (Å²) in [7, 11) is 0. The Morgan fingerprint density at radius 3 is 2.93 bits per heavy atom. The molecule has 1 aliphatic carbocycles. The van der Waals surface area contributed by atoms with E-state index in [1.54, 1.807) is 35.9 Å². The highest BCUT2D eigenvalue weighted by Gasteiger charge is 2.43. The third-order valence-corrected chi connectivity index (χ3v) is 5.89. The summed E-state index contributed by atoms with van der Waals surface area (Å²) < 4.78 is -0.339. The lowest BCUT2D eigenvalue weighted by Gasteiger charge is -2.25. The number of aromatic nitrogens is 1. The zero-order valence-corrected chi connectivity index (χ0v) is 9.61. The molecule has 1 fully saturated rings. The third-order valence-electron chi connectivity index (χ3n) is 2.61.